The second-order valence-electron chi connectivity index (χ2n) is 2.50. The molecule has 1 aliphatic rings. The molecular weight excluding hydrogens is 176 g/mol. The smallest absolute Gasteiger partial charge is 0.239 e. The molecule has 2 rings (SSSR count). The summed E-state index contributed by atoms with van der Waals surface area (Å²) in [6.07, 6.45) is 1.51. The summed E-state index contributed by atoms with van der Waals surface area (Å²) in [5, 5.41) is 3.57. The molecule has 2 heterocycles. The van der Waals surface area contributed by atoms with Gasteiger partial charge in [-0.15, -0.1) is 0 Å². The lowest BCUT2D eigenvalue weighted by Crippen LogP contribution is -2.47. The van der Waals surface area contributed by atoms with Crippen molar-refractivity contribution >= 4 is 22.6 Å². The van der Waals surface area contributed by atoms with E-state index in [4.69, 9.17) is 0 Å². The maximum atomic E-state index is 11.0. The molecule has 0 radical (unpaired) electrons. The summed E-state index contributed by atoms with van der Waals surface area (Å²) in [5.74, 6) is 0.0523. The van der Waals surface area contributed by atoms with Crippen molar-refractivity contribution in [3.63, 3.8) is 0 Å². The van der Waals surface area contributed by atoms with Gasteiger partial charge in [-0.3, -0.25) is 4.79 Å². The Bertz CT molecular complexity index is 273. The molecule has 6 heteroatoms. The van der Waals surface area contributed by atoms with Crippen LogP contribution >= 0.6 is 11.5 Å². The number of nitrogens with zero attached hydrogens (tertiary/aromatic N) is 3. The minimum absolute atomic E-state index is 0.0523. The first-order chi connectivity index (χ1) is 5.86. The van der Waals surface area contributed by atoms with E-state index >= 15 is 0 Å². The van der Waals surface area contributed by atoms with Crippen LogP contribution in [0.3, 0.4) is 0 Å². The monoisotopic (exact) mass is 184 g/mol. The van der Waals surface area contributed by atoms with Crippen molar-refractivity contribution in [1.29, 1.82) is 0 Å². The van der Waals surface area contributed by atoms with E-state index in [2.05, 4.69) is 14.7 Å². The van der Waals surface area contributed by atoms with E-state index in [1.54, 1.807) is 0 Å². The highest BCUT2D eigenvalue weighted by Gasteiger charge is 2.17. The Morgan fingerprint density at radius 2 is 2.58 bits per heavy atom. The van der Waals surface area contributed by atoms with Crippen molar-refractivity contribution in [3.8, 4) is 0 Å². The van der Waals surface area contributed by atoms with Crippen LogP contribution in [0, 0.1) is 0 Å². The molecule has 1 aliphatic heterocycles. The van der Waals surface area contributed by atoms with Gasteiger partial charge in [-0.1, -0.05) is 0 Å². The lowest BCUT2D eigenvalue weighted by atomic mass is 10.4. The van der Waals surface area contributed by atoms with Crippen molar-refractivity contribution in [1.82, 2.24) is 14.7 Å². The molecule has 12 heavy (non-hydrogen) atoms. The van der Waals surface area contributed by atoms with Gasteiger partial charge in [0, 0.05) is 24.6 Å². The molecule has 0 saturated carbocycles. The number of hydrogen-bond acceptors (Lipinski definition) is 5. The van der Waals surface area contributed by atoms with Gasteiger partial charge >= 0.3 is 0 Å². The fourth-order valence-corrected chi connectivity index (χ4v) is 1.66. The minimum atomic E-state index is 0.0523. The largest absolute Gasteiger partial charge is 0.353 e. The number of rotatable bonds is 1. The van der Waals surface area contributed by atoms with Crippen LogP contribution < -0.4 is 10.2 Å². The zero-order valence-electron chi connectivity index (χ0n) is 6.36. The number of piperazine rings is 1. The van der Waals surface area contributed by atoms with E-state index < -0.39 is 0 Å². The first-order valence-corrected chi connectivity index (χ1v) is 4.42. The van der Waals surface area contributed by atoms with Crippen LogP contribution in [0.5, 0.6) is 0 Å². The molecule has 0 aromatic carbocycles. The van der Waals surface area contributed by atoms with Crippen LogP contribution in [-0.4, -0.2) is 34.9 Å². The molecule has 1 aromatic heterocycles. The molecule has 5 nitrogen and oxygen atoms in total. The van der Waals surface area contributed by atoms with Crippen LogP contribution in [0.15, 0.2) is 6.33 Å². The summed E-state index contributed by atoms with van der Waals surface area (Å²) in [5.41, 5.74) is 0. The van der Waals surface area contributed by atoms with Gasteiger partial charge in [-0.05, 0) is 0 Å². The maximum Gasteiger partial charge on any atom is 0.239 e. The molecule has 1 amide bonds. The van der Waals surface area contributed by atoms with E-state index in [0.717, 1.165) is 11.7 Å². The maximum absolute atomic E-state index is 11.0. The zero-order chi connectivity index (χ0) is 8.39. The minimum Gasteiger partial charge on any atom is -0.353 e. The highest BCUT2D eigenvalue weighted by atomic mass is 32.1. The first-order valence-electron chi connectivity index (χ1n) is 3.64. The molecular formula is C6H8N4OS. The van der Waals surface area contributed by atoms with Gasteiger partial charge in [0.15, 0.2) is 0 Å². The van der Waals surface area contributed by atoms with Gasteiger partial charge in [0.25, 0.3) is 0 Å². The summed E-state index contributed by atoms with van der Waals surface area (Å²) >= 11 is 1.32. The number of carbonyl (C=O) groups is 1. The third-order valence-electron chi connectivity index (χ3n) is 1.66. The van der Waals surface area contributed by atoms with E-state index in [0.29, 0.717) is 13.1 Å². The quantitative estimate of drug-likeness (QED) is 0.637. The second-order valence-corrected chi connectivity index (χ2v) is 3.25. The number of nitrogens with one attached hydrogen (secondary N) is 1. The Labute approximate surface area is 73.6 Å². The molecule has 1 fully saturated rings. The number of hydrogen-bond donors (Lipinski definition) is 1. The summed E-state index contributed by atoms with van der Waals surface area (Å²) in [6, 6.07) is 0. The average molecular weight is 184 g/mol. The molecule has 0 bridgehead atoms. The first kappa shape index (κ1) is 7.48. The Morgan fingerprint density at radius 1 is 1.67 bits per heavy atom. The fourth-order valence-electron chi connectivity index (χ4n) is 1.11. The lowest BCUT2D eigenvalue weighted by molar-refractivity contribution is -0.120. The van der Waals surface area contributed by atoms with E-state index in [1.807, 2.05) is 4.90 Å². The SMILES string of the molecule is O=C1CN(c2ncns2)CCN1. The second kappa shape index (κ2) is 3.06. The topological polar surface area (TPSA) is 58.1 Å². The van der Waals surface area contributed by atoms with Crippen LogP contribution in [0.4, 0.5) is 5.13 Å². The van der Waals surface area contributed by atoms with Crippen molar-refractivity contribution in [2.24, 2.45) is 0 Å². The zero-order valence-corrected chi connectivity index (χ0v) is 7.17. The van der Waals surface area contributed by atoms with Crippen LogP contribution in [0.1, 0.15) is 0 Å². The van der Waals surface area contributed by atoms with Crippen molar-refractivity contribution < 1.29 is 4.79 Å². The average Bonchev–Trinajstić information content (AvgIpc) is 2.56. The predicted octanol–water partition coefficient (Wildman–Crippen LogP) is -0.526. The van der Waals surface area contributed by atoms with E-state index in [1.165, 1.54) is 17.9 Å². The fraction of sp³-hybridized carbons (Fsp3) is 0.500. The van der Waals surface area contributed by atoms with E-state index in [-0.39, 0.29) is 5.91 Å². The molecule has 64 valence electrons. The highest BCUT2D eigenvalue weighted by molar-refractivity contribution is 7.09. The number of amides is 1. The third-order valence-corrected chi connectivity index (χ3v) is 2.39. The lowest BCUT2D eigenvalue weighted by Gasteiger charge is -2.25. The molecule has 0 spiro atoms. The Balaban J connectivity index is 2.09. The molecule has 0 unspecified atom stereocenters. The molecule has 0 aliphatic carbocycles. The normalized spacial score (nSPS) is 17.7. The van der Waals surface area contributed by atoms with Gasteiger partial charge in [0.05, 0.1) is 6.54 Å². The van der Waals surface area contributed by atoms with Gasteiger partial charge < -0.3 is 10.2 Å². The number of anilines is 1. The van der Waals surface area contributed by atoms with Crippen LogP contribution in [0.2, 0.25) is 0 Å². The summed E-state index contributed by atoms with van der Waals surface area (Å²) < 4.78 is 3.88. The highest BCUT2D eigenvalue weighted by Crippen LogP contribution is 2.14. The molecule has 0 atom stereocenters. The number of carbonyl (C=O) groups excluding carboxylic acids is 1. The Hall–Kier alpha value is -1.17. The number of aromatic nitrogens is 2. The van der Waals surface area contributed by atoms with Crippen molar-refractivity contribution in [3.05, 3.63) is 6.33 Å². The summed E-state index contributed by atoms with van der Waals surface area (Å²) in [7, 11) is 0. The predicted molar refractivity (Wildman–Crippen MR) is 45.1 cm³/mol. The van der Waals surface area contributed by atoms with Gasteiger partial charge in [-0.2, -0.15) is 4.37 Å². The van der Waals surface area contributed by atoms with E-state index in [9.17, 15) is 4.79 Å². The Morgan fingerprint density at radius 3 is 3.25 bits per heavy atom. The van der Waals surface area contributed by atoms with Crippen LogP contribution in [0.25, 0.3) is 0 Å². The molecule has 1 saturated heterocycles. The van der Waals surface area contributed by atoms with Gasteiger partial charge in [-0.25, -0.2) is 4.98 Å². The molecule has 1 N–H and O–H groups in total. The molecule has 1 aromatic rings. The standard InChI is InChI=1S/C6H8N4OS/c11-5-3-10(2-1-7-5)6-8-4-9-12-6/h4H,1-3H2,(H,7,11). The summed E-state index contributed by atoms with van der Waals surface area (Å²) in [6.45, 7) is 1.91. The van der Waals surface area contributed by atoms with Gasteiger partial charge in [0.2, 0.25) is 11.0 Å². The van der Waals surface area contributed by atoms with Crippen molar-refractivity contribution in [2.75, 3.05) is 24.5 Å². The van der Waals surface area contributed by atoms with Gasteiger partial charge in [0.1, 0.15) is 6.33 Å². The van der Waals surface area contributed by atoms with Crippen molar-refractivity contribution in [2.45, 2.75) is 0 Å². The third kappa shape index (κ3) is 1.38. The van der Waals surface area contributed by atoms with Crippen LogP contribution in [-0.2, 0) is 4.79 Å². The summed E-state index contributed by atoms with van der Waals surface area (Å²) in [4.78, 5) is 16.9. The Kier molecular flexibility index (Phi) is 1.91.